The molecule has 0 aliphatic heterocycles. The maximum Gasteiger partial charge on any atom is 0.335 e. The summed E-state index contributed by atoms with van der Waals surface area (Å²) in [6, 6.07) is 14.3. The number of carboxylic acids is 2. The maximum absolute atomic E-state index is 11.8. The highest BCUT2D eigenvalue weighted by atomic mass is 16.4. The van der Waals surface area contributed by atoms with E-state index in [-0.39, 0.29) is 23.7 Å². The molecule has 0 spiro atoms. The van der Waals surface area contributed by atoms with Crippen LogP contribution in [0.25, 0.3) is 0 Å². The van der Waals surface area contributed by atoms with Gasteiger partial charge in [0, 0.05) is 0 Å². The van der Waals surface area contributed by atoms with Crippen molar-refractivity contribution in [2.45, 2.75) is 38.5 Å². The molecule has 4 heteroatoms. The molecule has 0 heterocycles. The summed E-state index contributed by atoms with van der Waals surface area (Å²) in [5.41, 5.74) is 2.25. The standard InChI is InChI=1S/C22H24O4/c1-13-11-12-14(2)20(16-8-4-6-10-18(16)22(25)26)19(13)15-7-3-5-9-17(15)21(23)24/h3-10,13-14,19-20H,11-12H2,1-2H3,(H,23,24)(H,25,26). The molecule has 2 aromatic carbocycles. The smallest absolute Gasteiger partial charge is 0.335 e. The Kier molecular flexibility index (Phi) is 5.12. The van der Waals surface area contributed by atoms with E-state index >= 15 is 0 Å². The second-order valence-corrected chi connectivity index (χ2v) is 7.37. The van der Waals surface area contributed by atoms with Crippen molar-refractivity contribution >= 4 is 11.9 Å². The van der Waals surface area contributed by atoms with Gasteiger partial charge in [0.1, 0.15) is 0 Å². The molecule has 1 saturated carbocycles. The van der Waals surface area contributed by atoms with Crippen LogP contribution in [0.5, 0.6) is 0 Å². The Balaban J connectivity index is 2.19. The molecule has 2 N–H and O–H groups in total. The molecule has 136 valence electrons. The zero-order chi connectivity index (χ0) is 18.8. The van der Waals surface area contributed by atoms with Crippen molar-refractivity contribution < 1.29 is 19.8 Å². The fourth-order valence-corrected chi connectivity index (χ4v) is 4.56. The van der Waals surface area contributed by atoms with E-state index in [9.17, 15) is 19.8 Å². The van der Waals surface area contributed by atoms with Gasteiger partial charge in [-0.2, -0.15) is 0 Å². The second kappa shape index (κ2) is 7.32. The van der Waals surface area contributed by atoms with Crippen LogP contribution >= 0.6 is 0 Å². The van der Waals surface area contributed by atoms with Crippen LogP contribution in [0.15, 0.2) is 48.5 Å². The van der Waals surface area contributed by atoms with E-state index in [1.807, 2.05) is 24.3 Å². The molecule has 0 bridgehead atoms. The lowest BCUT2D eigenvalue weighted by Gasteiger charge is -2.42. The van der Waals surface area contributed by atoms with Gasteiger partial charge in [0.15, 0.2) is 0 Å². The Bertz CT molecular complexity index is 757. The van der Waals surface area contributed by atoms with Crippen molar-refractivity contribution in [3.8, 4) is 0 Å². The number of hydrogen-bond acceptors (Lipinski definition) is 2. The lowest BCUT2D eigenvalue weighted by molar-refractivity contribution is 0.0679. The molecule has 2 aromatic rings. The summed E-state index contributed by atoms with van der Waals surface area (Å²) in [6.45, 7) is 4.29. The number of rotatable bonds is 4. The van der Waals surface area contributed by atoms with Gasteiger partial charge in [-0.25, -0.2) is 9.59 Å². The normalized spacial score (nSPS) is 25.6. The van der Waals surface area contributed by atoms with Gasteiger partial charge in [-0.1, -0.05) is 50.2 Å². The van der Waals surface area contributed by atoms with Gasteiger partial charge in [0.25, 0.3) is 0 Å². The van der Waals surface area contributed by atoms with Gasteiger partial charge in [-0.05, 0) is 59.8 Å². The van der Waals surface area contributed by atoms with Crippen molar-refractivity contribution in [2.24, 2.45) is 11.8 Å². The molecule has 4 nitrogen and oxygen atoms in total. The van der Waals surface area contributed by atoms with Gasteiger partial charge in [-0.15, -0.1) is 0 Å². The monoisotopic (exact) mass is 352 g/mol. The zero-order valence-corrected chi connectivity index (χ0v) is 15.1. The fraction of sp³-hybridized carbons (Fsp3) is 0.364. The van der Waals surface area contributed by atoms with Crippen LogP contribution in [0.2, 0.25) is 0 Å². The van der Waals surface area contributed by atoms with E-state index in [0.717, 1.165) is 24.0 Å². The maximum atomic E-state index is 11.8. The topological polar surface area (TPSA) is 74.6 Å². The van der Waals surface area contributed by atoms with Crippen molar-refractivity contribution in [3.05, 3.63) is 70.8 Å². The van der Waals surface area contributed by atoms with Crippen molar-refractivity contribution in [1.82, 2.24) is 0 Å². The van der Waals surface area contributed by atoms with E-state index in [1.165, 1.54) is 0 Å². The summed E-state index contributed by atoms with van der Waals surface area (Å²) < 4.78 is 0. The van der Waals surface area contributed by atoms with E-state index < -0.39 is 11.9 Å². The molecule has 0 aromatic heterocycles. The first-order chi connectivity index (χ1) is 12.4. The summed E-state index contributed by atoms with van der Waals surface area (Å²) in [4.78, 5) is 23.6. The SMILES string of the molecule is CC1CCC(C)C(c2ccccc2C(=O)O)C1c1ccccc1C(=O)O. The van der Waals surface area contributed by atoms with Gasteiger partial charge >= 0.3 is 11.9 Å². The number of benzene rings is 2. The third-order valence-corrected chi connectivity index (χ3v) is 5.79. The molecule has 0 amide bonds. The average molecular weight is 352 g/mol. The summed E-state index contributed by atoms with van der Waals surface area (Å²) in [5.74, 6) is -1.36. The zero-order valence-electron chi connectivity index (χ0n) is 15.1. The first-order valence-electron chi connectivity index (χ1n) is 9.06. The Hall–Kier alpha value is -2.62. The average Bonchev–Trinajstić information content (AvgIpc) is 2.63. The van der Waals surface area contributed by atoms with E-state index in [0.29, 0.717) is 11.1 Å². The Morgan fingerprint density at radius 3 is 1.42 bits per heavy atom. The third-order valence-electron chi connectivity index (χ3n) is 5.79. The highest BCUT2D eigenvalue weighted by molar-refractivity contribution is 5.90. The van der Waals surface area contributed by atoms with E-state index in [1.54, 1.807) is 24.3 Å². The minimum absolute atomic E-state index is 0.0217. The van der Waals surface area contributed by atoms with Crippen LogP contribution < -0.4 is 0 Å². The number of aromatic carboxylic acids is 2. The van der Waals surface area contributed by atoms with Crippen LogP contribution in [-0.4, -0.2) is 22.2 Å². The molecular formula is C22H24O4. The molecule has 4 unspecified atom stereocenters. The van der Waals surface area contributed by atoms with E-state index in [2.05, 4.69) is 13.8 Å². The third kappa shape index (κ3) is 3.24. The summed E-state index contributed by atoms with van der Waals surface area (Å²) >= 11 is 0. The first kappa shape index (κ1) is 18.2. The number of hydrogen-bond donors (Lipinski definition) is 2. The van der Waals surface area contributed by atoms with Crippen LogP contribution in [0.3, 0.4) is 0 Å². The van der Waals surface area contributed by atoms with Gasteiger partial charge in [0.05, 0.1) is 11.1 Å². The van der Waals surface area contributed by atoms with Crippen molar-refractivity contribution in [1.29, 1.82) is 0 Å². The van der Waals surface area contributed by atoms with Gasteiger partial charge in [-0.3, -0.25) is 0 Å². The van der Waals surface area contributed by atoms with E-state index in [4.69, 9.17) is 0 Å². The highest BCUT2D eigenvalue weighted by Crippen LogP contribution is 2.51. The Morgan fingerprint density at radius 2 is 1.08 bits per heavy atom. The van der Waals surface area contributed by atoms with Gasteiger partial charge in [0.2, 0.25) is 0 Å². The van der Waals surface area contributed by atoms with Crippen LogP contribution in [0, 0.1) is 11.8 Å². The highest BCUT2D eigenvalue weighted by Gasteiger charge is 2.40. The predicted octanol–water partition coefficient (Wildman–Crippen LogP) is 5.02. The summed E-state index contributed by atoms with van der Waals surface area (Å²) in [5, 5.41) is 19.3. The van der Waals surface area contributed by atoms with Crippen molar-refractivity contribution in [3.63, 3.8) is 0 Å². The molecular weight excluding hydrogens is 328 g/mol. The van der Waals surface area contributed by atoms with Crippen molar-refractivity contribution in [2.75, 3.05) is 0 Å². The molecule has 0 radical (unpaired) electrons. The van der Waals surface area contributed by atoms with Crippen LogP contribution in [-0.2, 0) is 0 Å². The minimum atomic E-state index is -0.934. The number of carboxylic acid groups (broad SMARTS) is 2. The molecule has 4 atom stereocenters. The first-order valence-corrected chi connectivity index (χ1v) is 9.06. The number of carbonyl (C=O) groups is 2. The Morgan fingerprint density at radius 1 is 0.731 bits per heavy atom. The molecule has 1 fully saturated rings. The molecule has 26 heavy (non-hydrogen) atoms. The minimum Gasteiger partial charge on any atom is -0.478 e. The molecule has 1 aliphatic rings. The largest absolute Gasteiger partial charge is 0.478 e. The predicted molar refractivity (Wildman–Crippen MR) is 99.8 cm³/mol. The summed E-state index contributed by atoms with van der Waals surface area (Å²) in [7, 11) is 0. The molecule has 0 saturated heterocycles. The van der Waals surface area contributed by atoms with Crippen LogP contribution in [0.4, 0.5) is 0 Å². The second-order valence-electron chi connectivity index (χ2n) is 7.37. The van der Waals surface area contributed by atoms with Gasteiger partial charge < -0.3 is 10.2 Å². The quantitative estimate of drug-likeness (QED) is 0.810. The lowest BCUT2D eigenvalue weighted by Crippen LogP contribution is -2.31. The fourth-order valence-electron chi connectivity index (χ4n) is 4.56. The Labute approximate surface area is 153 Å². The van der Waals surface area contributed by atoms with Crippen LogP contribution in [0.1, 0.15) is 70.4 Å². The summed E-state index contributed by atoms with van der Waals surface area (Å²) in [6.07, 6.45) is 2.01. The molecule has 3 rings (SSSR count). The lowest BCUT2D eigenvalue weighted by atomic mass is 9.61. The molecule has 1 aliphatic carbocycles.